The highest BCUT2D eigenvalue weighted by molar-refractivity contribution is 4.81. The van der Waals surface area contributed by atoms with E-state index in [4.69, 9.17) is 0 Å². The summed E-state index contributed by atoms with van der Waals surface area (Å²) in [6.07, 6.45) is 2.58. The lowest BCUT2D eigenvalue weighted by atomic mass is 10.0. The predicted octanol–water partition coefficient (Wildman–Crippen LogP) is 1.96. The first-order valence-corrected chi connectivity index (χ1v) is 6.07. The maximum Gasteiger partial charge on any atom is 0.0191 e. The lowest BCUT2D eigenvalue weighted by Gasteiger charge is -2.23. The summed E-state index contributed by atoms with van der Waals surface area (Å²) in [7, 11) is 2.09. The smallest absolute Gasteiger partial charge is 0.0191 e. The average Bonchev–Trinajstić information content (AvgIpc) is 2.45. The van der Waals surface area contributed by atoms with E-state index in [1.165, 1.54) is 32.5 Å². The average molecular weight is 198 g/mol. The Morgan fingerprint density at radius 1 is 1.29 bits per heavy atom. The highest BCUT2D eigenvalue weighted by atomic mass is 15.2. The highest BCUT2D eigenvalue weighted by Crippen LogP contribution is 2.22. The van der Waals surface area contributed by atoms with Crippen molar-refractivity contribution in [3.05, 3.63) is 0 Å². The van der Waals surface area contributed by atoms with Crippen LogP contribution in [0.1, 0.15) is 33.6 Å². The molecular weight excluding hydrogens is 172 g/mol. The highest BCUT2D eigenvalue weighted by Gasteiger charge is 2.26. The minimum atomic E-state index is 0.692. The van der Waals surface area contributed by atoms with Gasteiger partial charge >= 0.3 is 0 Å². The van der Waals surface area contributed by atoms with Gasteiger partial charge in [0.1, 0.15) is 0 Å². The van der Waals surface area contributed by atoms with Crippen LogP contribution in [0.2, 0.25) is 0 Å². The lowest BCUT2D eigenvalue weighted by Crippen LogP contribution is -2.38. The van der Waals surface area contributed by atoms with Gasteiger partial charge in [0.05, 0.1) is 0 Å². The second-order valence-corrected chi connectivity index (χ2v) is 4.95. The first kappa shape index (κ1) is 12.0. The van der Waals surface area contributed by atoms with Gasteiger partial charge in [0.25, 0.3) is 0 Å². The normalized spacial score (nSPS) is 30.9. The van der Waals surface area contributed by atoms with Crippen molar-refractivity contribution in [2.24, 2.45) is 11.8 Å². The molecule has 3 atom stereocenters. The number of hydrogen-bond donors (Lipinski definition) is 1. The van der Waals surface area contributed by atoms with Crippen molar-refractivity contribution in [2.45, 2.75) is 39.7 Å². The van der Waals surface area contributed by atoms with Gasteiger partial charge < -0.3 is 10.2 Å². The Balaban J connectivity index is 2.29. The van der Waals surface area contributed by atoms with E-state index in [1.807, 2.05) is 0 Å². The van der Waals surface area contributed by atoms with Gasteiger partial charge in [0.2, 0.25) is 0 Å². The molecule has 0 aromatic carbocycles. The molecule has 1 N–H and O–H groups in total. The zero-order chi connectivity index (χ0) is 10.6. The molecule has 1 aliphatic heterocycles. The summed E-state index contributed by atoms with van der Waals surface area (Å²) in [5.74, 6) is 1.77. The van der Waals surface area contributed by atoms with E-state index < -0.39 is 0 Å². The largest absolute Gasteiger partial charge is 0.316 e. The Morgan fingerprint density at radius 3 is 2.29 bits per heavy atom. The maximum atomic E-state index is 3.42. The van der Waals surface area contributed by atoms with Crippen LogP contribution in [0.3, 0.4) is 0 Å². The fourth-order valence-corrected chi connectivity index (χ4v) is 2.39. The molecule has 0 amide bonds. The first-order chi connectivity index (χ1) is 6.67. The van der Waals surface area contributed by atoms with Gasteiger partial charge in [-0.3, -0.25) is 0 Å². The van der Waals surface area contributed by atoms with Crippen molar-refractivity contribution >= 4 is 0 Å². The van der Waals surface area contributed by atoms with Crippen LogP contribution in [0.5, 0.6) is 0 Å². The Bertz CT molecular complexity index is 148. The zero-order valence-electron chi connectivity index (χ0n) is 10.2. The molecule has 0 saturated carbocycles. The van der Waals surface area contributed by atoms with E-state index in [0.29, 0.717) is 6.04 Å². The number of rotatable bonds is 5. The molecule has 0 aliphatic carbocycles. The van der Waals surface area contributed by atoms with E-state index in [2.05, 4.69) is 38.0 Å². The summed E-state index contributed by atoms with van der Waals surface area (Å²) in [5, 5.41) is 3.42. The number of likely N-dealkylation sites (N-methyl/N-ethyl adjacent to an activating group) is 1. The van der Waals surface area contributed by atoms with Crippen molar-refractivity contribution in [1.29, 1.82) is 0 Å². The van der Waals surface area contributed by atoms with Crippen LogP contribution in [0.4, 0.5) is 0 Å². The summed E-state index contributed by atoms with van der Waals surface area (Å²) in [6.45, 7) is 10.8. The van der Waals surface area contributed by atoms with E-state index in [-0.39, 0.29) is 0 Å². The molecule has 0 bridgehead atoms. The van der Waals surface area contributed by atoms with E-state index in [1.54, 1.807) is 0 Å². The van der Waals surface area contributed by atoms with Gasteiger partial charge in [-0.05, 0) is 25.3 Å². The monoisotopic (exact) mass is 198 g/mol. The van der Waals surface area contributed by atoms with Crippen molar-refractivity contribution in [1.82, 2.24) is 10.2 Å². The predicted molar refractivity (Wildman–Crippen MR) is 62.5 cm³/mol. The summed E-state index contributed by atoms with van der Waals surface area (Å²) in [6, 6.07) is 0.692. The first-order valence-electron chi connectivity index (χ1n) is 6.07. The molecule has 14 heavy (non-hydrogen) atoms. The molecule has 84 valence electrons. The Hall–Kier alpha value is -0.0800. The van der Waals surface area contributed by atoms with Crippen LogP contribution >= 0.6 is 0 Å². The van der Waals surface area contributed by atoms with Crippen LogP contribution < -0.4 is 5.32 Å². The molecule has 3 unspecified atom stereocenters. The van der Waals surface area contributed by atoms with Crippen molar-refractivity contribution < 1.29 is 0 Å². The minimum Gasteiger partial charge on any atom is -0.316 e. The zero-order valence-corrected chi connectivity index (χ0v) is 10.2. The molecule has 1 saturated heterocycles. The van der Waals surface area contributed by atoms with Crippen LogP contribution in [0, 0.1) is 11.8 Å². The number of likely N-dealkylation sites (tertiary alicyclic amines) is 1. The molecule has 1 fully saturated rings. The second-order valence-electron chi connectivity index (χ2n) is 4.95. The third kappa shape index (κ3) is 3.25. The molecule has 0 aromatic heterocycles. The molecule has 1 heterocycles. The molecule has 1 rings (SSSR count). The summed E-state index contributed by atoms with van der Waals surface area (Å²) in [5.41, 5.74) is 0. The van der Waals surface area contributed by atoms with E-state index >= 15 is 0 Å². The Morgan fingerprint density at radius 2 is 1.86 bits per heavy atom. The minimum absolute atomic E-state index is 0.692. The fourth-order valence-electron chi connectivity index (χ4n) is 2.39. The number of nitrogens with one attached hydrogen (secondary N) is 1. The van der Waals surface area contributed by atoms with Gasteiger partial charge in [-0.1, -0.05) is 27.2 Å². The SMILES string of the molecule is CCCC(CN1CC(C)C(C)C1)NC. The third-order valence-corrected chi connectivity index (χ3v) is 3.59. The van der Waals surface area contributed by atoms with E-state index in [9.17, 15) is 0 Å². The topological polar surface area (TPSA) is 15.3 Å². The van der Waals surface area contributed by atoms with Crippen LogP contribution in [-0.2, 0) is 0 Å². The molecule has 2 nitrogen and oxygen atoms in total. The van der Waals surface area contributed by atoms with Crippen molar-refractivity contribution in [3.8, 4) is 0 Å². The van der Waals surface area contributed by atoms with Crippen LogP contribution in [0.25, 0.3) is 0 Å². The maximum absolute atomic E-state index is 3.42. The van der Waals surface area contributed by atoms with Crippen LogP contribution in [-0.4, -0.2) is 37.6 Å². The van der Waals surface area contributed by atoms with Gasteiger partial charge in [0.15, 0.2) is 0 Å². The van der Waals surface area contributed by atoms with Gasteiger partial charge in [-0.2, -0.15) is 0 Å². The molecule has 1 aliphatic rings. The molecule has 0 aromatic rings. The summed E-state index contributed by atoms with van der Waals surface area (Å²) < 4.78 is 0. The second kappa shape index (κ2) is 5.72. The van der Waals surface area contributed by atoms with Gasteiger partial charge in [0, 0.05) is 25.7 Å². The van der Waals surface area contributed by atoms with Crippen LogP contribution in [0.15, 0.2) is 0 Å². The Kier molecular flexibility index (Phi) is 4.90. The fraction of sp³-hybridized carbons (Fsp3) is 1.00. The van der Waals surface area contributed by atoms with Crippen molar-refractivity contribution in [2.75, 3.05) is 26.7 Å². The van der Waals surface area contributed by atoms with Crippen molar-refractivity contribution in [3.63, 3.8) is 0 Å². The summed E-state index contributed by atoms with van der Waals surface area (Å²) in [4.78, 5) is 2.62. The third-order valence-electron chi connectivity index (χ3n) is 3.59. The Labute approximate surface area is 89.1 Å². The van der Waals surface area contributed by atoms with Gasteiger partial charge in [-0.25, -0.2) is 0 Å². The standard InChI is InChI=1S/C12H26N2/c1-5-6-12(13-4)9-14-7-10(2)11(3)8-14/h10-13H,5-9H2,1-4H3. The molecule has 0 spiro atoms. The molecular formula is C12H26N2. The quantitative estimate of drug-likeness (QED) is 0.726. The van der Waals surface area contributed by atoms with E-state index in [0.717, 1.165) is 11.8 Å². The molecule has 2 heteroatoms. The van der Waals surface area contributed by atoms with Gasteiger partial charge in [-0.15, -0.1) is 0 Å². The summed E-state index contributed by atoms with van der Waals surface area (Å²) >= 11 is 0. The molecule has 0 radical (unpaired) electrons. The lowest BCUT2D eigenvalue weighted by molar-refractivity contribution is 0.278. The number of hydrogen-bond acceptors (Lipinski definition) is 2. The number of nitrogens with zero attached hydrogens (tertiary/aromatic N) is 1.